The Labute approximate surface area is 267 Å². The van der Waals surface area contributed by atoms with Gasteiger partial charge in [-0.1, -0.05) is 58.9 Å². The first-order chi connectivity index (χ1) is 21.1. The molecule has 44 heavy (non-hydrogen) atoms. The Kier molecular flexibility index (Phi) is 21.5. The number of unbranched alkanes of at least 4 members (excludes halogenated alkanes) is 2. The topological polar surface area (TPSA) is 146 Å². The van der Waals surface area contributed by atoms with E-state index >= 15 is 0 Å². The van der Waals surface area contributed by atoms with E-state index in [1.807, 2.05) is 37.8 Å². The highest BCUT2D eigenvalue weighted by Crippen LogP contribution is 2.15. The van der Waals surface area contributed by atoms with Crippen molar-refractivity contribution in [3.05, 3.63) is 24.3 Å². The van der Waals surface area contributed by atoms with Gasteiger partial charge in [-0.25, -0.2) is 0 Å². The number of nitrogens with zero attached hydrogens (tertiary/aromatic N) is 2. The minimum Gasteiger partial charge on any atom is -0.395 e. The molecule has 0 bridgehead atoms. The zero-order chi connectivity index (χ0) is 32.9. The van der Waals surface area contributed by atoms with Gasteiger partial charge >= 0.3 is 0 Å². The van der Waals surface area contributed by atoms with Gasteiger partial charge in [0, 0.05) is 38.0 Å². The molecule has 1 fully saturated rings. The lowest BCUT2D eigenvalue weighted by Crippen LogP contribution is -2.61. The van der Waals surface area contributed by atoms with Crippen molar-refractivity contribution in [1.29, 1.82) is 0 Å². The zero-order valence-electron chi connectivity index (χ0n) is 28.2. The lowest BCUT2D eigenvalue weighted by atomic mass is 10.00. The van der Waals surface area contributed by atoms with Crippen LogP contribution in [0.5, 0.6) is 0 Å². The number of aliphatic hydroxyl groups is 4. The van der Waals surface area contributed by atoms with Gasteiger partial charge in [0.15, 0.2) is 0 Å². The van der Waals surface area contributed by atoms with Crippen molar-refractivity contribution in [3.8, 4) is 0 Å². The highest BCUT2D eigenvalue weighted by atomic mass is 16.3. The monoisotopic (exact) mass is 624 g/mol. The third-order valence-corrected chi connectivity index (χ3v) is 8.51. The molecule has 1 rings (SSSR count). The Hall–Kier alpha value is -1.82. The first-order valence-electron chi connectivity index (χ1n) is 17.1. The molecule has 1 saturated heterocycles. The molecule has 10 heteroatoms. The standard InChI is InChI=1S/C34H64N4O6/c1-6-9-15-26(4)31(41)24-38(25-32(42)27(5)16-10-7-2)20-14-12-18-30-34(44)35-29(33(43)36-30)17-11-13-19-37(21-22-39)23-28(40)8-3/h9-10,15-16,26-32,39-42H,6-8,11-14,17-25H2,1-5H3,(H,35,44)(H,36,43)/b15-9-,16-10-. The molecule has 1 aliphatic rings. The average molecular weight is 625 g/mol. The van der Waals surface area contributed by atoms with E-state index in [2.05, 4.69) is 41.5 Å². The Bertz CT molecular complexity index is 813. The molecule has 0 aromatic rings. The fraction of sp³-hybridized carbons (Fsp3) is 0.824. The SMILES string of the molecule is CC/C=C\C(C)C(O)CN(CCCCC1NC(=O)C(CCCCN(CCO)CC(O)CC)NC1=O)CC(O)C(C)/C=C\CC. The van der Waals surface area contributed by atoms with E-state index in [0.29, 0.717) is 52.0 Å². The van der Waals surface area contributed by atoms with Gasteiger partial charge in [-0.15, -0.1) is 0 Å². The quantitative estimate of drug-likeness (QED) is 0.0672. The van der Waals surface area contributed by atoms with E-state index in [4.69, 9.17) is 0 Å². The summed E-state index contributed by atoms with van der Waals surface area (Å²) in [6.07, 6.45) is 13.3. The number of piperazine rings is 1. The van der Waals surface area contributed by atoms with E-state index in [-0.39, 0.29) is 30.3 Å². The van der Waals surface area contributed by atoms with Gasteiger partial charge in [0.2, 0.25) is 11.8 Å². The summed E-state index contributed by atoms with van der Waals surface area (Å²) < 4.78 is 0. The van der Waals surface area contributed by atoms with E-state index < -0.39 is 30.4 Å². The average Bonchev–Trinajstić information content (AvgIpc) is 3.00. The van der Waals surface area contributed by atoms with Gasteiger partial charge in [-0.05, 0) is 70.9 Å². The van der Waals surface area contributed by atoms with Crippen LogP contribution in [0.2, 0.25) is 0 Å². The molecule has 6 N–H and O–H groups in total. The van der Waals surface area contributed by atoms with E-state index in [0.717, 1.165) is 45.1 Å². The fourth-order valence-corrected chi connectivity index (χ4v) is 5.39. The number of amides is 2. The number of carbonyl (C=O) groups excluding carboxylic acids is 2. The Morgan fingerprint density at radius 2 is 1.16 bits per heavy atom. The van der Waals surface area contributed by atoms with Gasteiger partial charge in [-0.3, -0.25) is 19.4 Å². The van der Waals surface area contributed by atoms with Crippen LogP contribution in [0.1, 0.15) is 92.4 Å². The third kappa shape index (κ3) is 16.5. The highest BCUT2D eigenvalue weighted by molar-refractivity contribution is 5.96. The summed E-state index contributed by atoms with van der Waals surface area (Å²) in [6.45, 7) is 13.4. The predicted molar refractivity (Wildman–Crippen MR) is 177 cm³/mol. The number of allylic oxidation sites excluding steroid dienone is 2. The molecule has 7 unspecified atom stereocenters. The molecule has 256 valence electrons. The molecule has 0 aromatic carbocycles. The van der Waals surface area contributed by atoms with Crippen LogP contribution in [0, 0.1) is 11.8 Å². The molecular formula is C34H64N4O6. The number of aliphatic hydroxyl groups excluding tert-OH is 4. The number of hydrogen-bond donors (Lipinski definition) is 6. The molecule has 2 amide bonds. The van der Waals surface area contributed by atoms with Crippen molar-refractivity contribution in [2.75, 3.05) is 45.9 Å². The van der Waals surface area contributed by atoms with E-state index in [9.17, 15) is 30.0 Å². The summed E-state index contributed by atoms with van der Waals surface area (Å²) in [5, 5.41) is 46.6. The maximum atomic E-state index is 12.8. The molecule has 10 nitrogen and oxygen atoms in total. The van der Waals surface area contributed by atoms with Gasteiger partial charge in [-0.2, -0.15) is 0 Å². The summed E-state index contributed by atoms with van der Waals surface area (Å²) in [6, 6.07) is -1.10. The second-order valence-corrected chi connectivity index (χ2v) is 12.5. The molecule has 0 aromatic heterocycles. The van der Waals surface area contributed by atoms with Crippen LogP contribution in [0.15, 0.2) is 24.3 Å². The number of rotatable bonds is 25. The molecule has 0 aliphatic carbocycles. The van der Waals surface area contributed by atoms with Gasteiger partial charge in [0.1, 0.15) is 12.1 Å². The normalized spacial score (nSPS) is 21.2. The lowest BCUT2D eigenvalue weighted by molar-refractivity contribution is -0.137. The minimum atomic E-state index is -0.558. The van der Waals surface area contributed by atoms with Crippen molar-refractivity contribution in [2.24, 2.45) is 11.8 Å². The second kappa shape index (κ2) is 23.5. The number of carbonyl (C=O) groups is 2. The van der Waals surface area contributed by atoms with Crippen LogP contribution in [-0.4, -0.2) is 118 Å². The summed E-state index contributed by atoms with van der Waals surface area (Å²) in [5.74, 6) is -0.290. The Morgan fingerprint density at radius 3 is 1.57 bits per heavy atom. The van der Waals surface area contributed by atoms with E-state index in [1.54, 1.807) is 0 Å². The lowest BCUT2D eigenvalue weighted by Gasteiger charge is -2.31. The maximum Gasteiger partial charge on any atom is 0.243 e. The maximum absolute atomic E-state index is 12.8. The fourth-order valence-electron chi connectivity index (χ4n) is 5.39. The minimum absolute atomic E-state index is 0.00882. The molecule has 1 aliphatic heterocycles. The van der Waals surface area contributed by atoms with Crippen LogP contribution in [0.4, 0.5) is 0 Å². The van der Waals surface area contributed by atoms with Crippen molar-refractivity contribution in [3.63, 3.8) is 0 Å². The molecule has 7 atom stereocenters. The third-order valence-electron chi connectivity index (χ3n) is 8.51. The molecule has 0 radical (unpaired) electrons. The van der Waals surface area contributed by atoms with Crippen LogP contribution in [0.25, 0.3) is 0 Å². The predicted octanol–water partition coefficient (Wildman–Crippen LogP) is 2.60. The summed E-state index contributed by atoms with van der Waals surface area (Å²) in [5.41, 5.74) is 0. The summed E-state index contributed by atoms with van der Waals surface area (Å²) in [4.78, 5) is 29.7. The second-order valence-electron chi connectivity index (χ2n) is 12.5. The Balaban J connectivity index is 2.56. The van der Waals surface area contributed by atoms with Crippen LogP contribution in [-0.2, 0) is 9.59 Å². The molecular weight excluding hydrogens is 560 g/mol. The van der Waals surface area contributed by atoms with Gasteiger partial charge < -0.3 is 31.1 Å². The van der Waals surface area contributed by atoms with Gasteiger partial charge in [0.05, 0.1) is 24.9 Å². The van der Waals surface area contributed by atoms with Crippen LogP contribution >= 0.6 is 0 Å². The van der Waals surface area contributed by atoms with Crippen LogP contribution < -0.4 is 10.6 Å². The van der Waals surface area contributed by atoms with Crippen molar-refractivity contribution >= 4 is 11.8 Å². The summed E-state index contributed by atoms with van der Waals surface area (Å²) >= 11 is 0. The molecule has 1 heterocycles. The zero-order valence-corrected chi connectivity index (χ0v) is 28.2. The van der Waals surface area contributed by atoms with E-state index in [1.165, 1.54) is 0 Å². The first-order valence-corrected chi connectivity index (χ1v) is 17.1. The number of hydrogen-bond acceptors (Lipinski definition) is 8. The van der Waals surface area contributed by atoms with Crippen LogP contribution in [0.3, 0.4) is 0 Å². The first kappa shape index (κ1) is 40.2. The number of nitrogens with one attached hydrogen (secondary N) is 2. The summed E-state index contributed by atoms with van der Waals surface area (Å²) in [7, 11) is 0. The molecule has 0 saturated carbocycles. The highest BCUT2D eigenvalue weighted by Gasteiger charge is 2.33. The Morgan fingerprint density at radius 1 is 0.705 bits per heavy atom. The largest absolute Gasteiger partial charge is 0.395 e. The smallest absolute Gasteiger partial charge is 0.243 e. The van der Waals surface area contributed by atoms with Gasteiger partial charge in [0.25, 0.3) is 0 Å². The van der Waals surface area contributed by atoms with Crippen molar-refractivity contribution < 1.29 is 30.0 Å². The van der Waals surface area contributed by atoms with Crippen molar-refractivity contribution in [1.82, 2.24) is 20.4 Å². The molecule has 0 spiro atoms. The van der Waals surface area contributed by atoms with Crippen molar-refractivity contribution in [2.45, 2.75) is 123 Å².